The molecule has 0 heterocycles. The first-order chi connectivity index (χ1) is 10.6. The minimum Gasteiger partial charge on any atom is -0.508 e. The molecular weight excluding hydrogens is 288 g/mol. The van der Waals surface area contributed by atoms with Crippen molar-refractivity contribution in [1.82, 2.24) is 0 Å². The van der Waals surface area contributed by atoms with Crippen molar-refractivity contribution in [1.29, 1.82) is 0 Å². The molecule has 0 radical (unpaired) electrons. The van der Waals surface area contributed by atoms with Crippen LogP contribution in [0.5, 0.6) is 5.75 Å². The molecule has 23 heavy (non-hydrogen) atoms. The van der Waals surface area contributed by atoms with Gasteiger partial charge in [0.15, 0.2) is 5.78 Å². The number of hydrogen-bond acceptors (Lipinski definition) is 3. The molecule has 0 spiro atoms. The van der Waals surface area contributed by atoms with Crippen LogP contribution in [0.15, 0.2) is 18.2 Å². The van der Waals surface area contributed by atoms with Gasteiger partial charge in [0.1, 0.15) is 11.5 Å². The summed E-state index contributed by atoms with van der Waals surface area (Å²) < 4.78 is 0. The van der Waals surface area contributed by atoms with Crippen LogP contribution in [0.25, 0.3) is 0 Å². The zero-order valence-electron chi connectivity index (χ0n) is 14.8. The van der Waals surface area contributed by atoms with Crippen LogP contribution in [-0.2, 0) is 4.79 Å². The second-order valence-corrected chi connectivity index (χ2v) is 7.78. The van der Waals surface area contributed by atoms with E-state index in [0.717, 1.165) is 18.4 Å². The second-order valence-electron chi connectivity index (χ2n) is 7.78. The fourth-order valence-corrected chi connectivity index (χ4v) is 3.84. The van der Waals surface area contributed by atoms with Gasteiger partial charge in [0, 0.05) is 17.9 Å². The van der Waals surface area contributed by atoms with Gasteiger partial charge in [-0.2, -0.15) is 0 Å². The molecule has 0 aliphatic heterocycles. The highest BCUT2D eigenvalue weighted by Gasteiger charge is 2.56. The molecule has 0 unspecified atom stereocenters. The van der Waals surface area contributed by atoms with E-state index in [0.29, 0.717) is 23.8 Å². The first kappa shape index (κ1) is 17.7. The molecule has 3 nitrogen and oxygen atoms in total. The lowest BCUT2D eigenvalue weighted by Gasteiger charge is -2.12. The number of carbonyl (C=O) groups is 2. The van der Waals surface area contributed by atoms with Crippen molar-refractivity contribution in [3.05, 3.63) is 29.3 Å². The molecule has 0 bridgehead atoms. The number of ketones is 2. The molecule has 1 saturated carbocycles. The van der Waals surface area contributed by atoms with E-state index < -0.39 is 0 Å². The third-order valence-corrected chi connectivity index (χ3v) is 5.63. The van der Waals surface area contributed by atoms with Crippen molar-refractivity contribution in [3.63, 3.8) is 0 Å². The number of Topliss-reactive ketones (excluding diaryl/α,β-unsaturated/α-hetero) is 2. The number of benzene rings is 1. The van der Waals surface area contributed by atoms with Crippen molar-refractivity contribution in [2.45, 2.75) is 53.9 Å². The molecule has 126 valence electrons. The summed E-state index contributed by atoms with van der Waals surface area (Å²) in [6.07, 6.45) is 2.45. The Morgan fingerprint density at radius 2 is 1.91 bits per heavy atom. The Labute approximate surface area is 139 Å². The van der Waals surface area contributed by atoms with Crippen LogP contribution in [0.1, 0.15) is 62.9 Å². The summed E-state index contributed by atoms with van der Waals surface area (Å²) in [6, 6.07) is 5.05. The maximum atomic E-state index is 12.6. The van der Waals surface area contributed by atoms with Gasteiger partial charge in [-0.3, -0.25) is 4.79 Å². The molecule has 0 aromatic heterocycles. The van der Waals surface area contributed by atoms with Gasteiger partial charge in [0.05, 0.1) is 0 Å². The number of phenolic OH excluding ortho intramolecular Hbond substituents is 1. The smallest absolute Gasteiger partial charge is 0.165 e. The van der Waals surface area contributed by atoms with E-state index in [1.54, 1.807) is 32.0 Å². The van der Waals surface area contributed by atoms with Crippen LogP contribution in [0.4, 0.5) is 0 Å². The van der Waals surface area contributed by atoms with E-state index in [2.05, 4.69) is 13.8 Å². The Kier molecular flexibility index (Phi) is 4.98. The standard InChI is InChI=1S/C20H28O3/c1-12-10-15(7-9-18(12)22)19(23)13(2)11-17-16(20(17,4)5)8-6-14(3)21/h7,9-10,13,16-17,22H,6,8,11H2,1-5H3/t13-,16-,17+/m0/s1. The zero-order valence-corrected chi connectivity index (χ0v) is 14.8. The van der Waals surface area contributed by atoms with Crippen molar-refractivity contribution < 1.29 is 14.7 Å². The predicted molar refractivity (Wildman–Crippen MR) is 91.6 cm³/mol. The van der Waals surface area contributed by atoms with Crippen LogP contribution in [0, 0.1) is 30.1 Å². The van der Waals surface area contributed by atoms with Crippen molar-refractivity contribution in [2.75, 3.05) is 0 Å². The van der Waals surface area contributed by atoms with Crippen molar-refractivity contribution in [3.8, 4) is 5.75 Å². The quantitative estimate of drug-likeness (QED) is 0.751. The highest BCUT2D eigenvalue weighted by molar-refractivity contribution is 5.98. The van der Waals surface area contributed by atoms with Gasteiger partial charge in [0.2, 0.25) is 0 Å². The van der Waals surface area contributed by atoms with Gasteiger partial charge in [-0.1, -0.05) is 20.8 Å². The van der Waals surface area contributed by atoms with Crippen molar-refractivity contribution in [2.24, 2.45) is 23.2 Å². The number of carbonyl (C=O) groups excluding carboxylic acids is 2. The van der Waals surface area contributed by atoms with Gasteiger partial charge < -0.3 is 9.90 Å². The van der Waals surface area contributed by atoms with E-state index in [4.69, 9.17) is 0 Å². The van der Waals surface area contributed by atoms with Gasteiger partial charge >= 0.3 is 0 Å². The number of aryl methyl sites for hydroxylation is 1. The van der Waals surface area contributed by atoms with E-state index in [-0.39, 0.29) is 28.6 Å². The monoisotopic (exact) mass is 316 g/mol. The largest absolute Gasteiger partial charge is 0.508 e. The lowest BCUT2D eigenvalue weighted by Crippen LogP contribution is -2.13. The van der Waals surface area contributed by atoms with Gasteiger partial charge in [-0.15, -0.1) is 0 Å². The minimum absolute atomic E-state index is 0.0365. The lowest BCUT2D eigenvalue weighted by atomic mass is 9.91. The molecule has 1 aromatic carbocycles. The Morgan fingerprint density at radius 1 is 1.26 bits per heavy atom. The maximum absolute atomic E-state index is 12.6. The van der Waals surface area contributed by atoms with E-state index in [9.17, 15) is 14.7 Å². The second kappa shape index (κ2) is 6.46. The van der Waals surface area contributed by atoms with Gasteiger partial charge in [0.25, 0.3) is 0 Å². The van der Waals surface area contributed by atoms with Crippen LogP contribution < -0.4 is 0 Å². The summed E-state index contributed by atoms with van der Waals surface area (Å²) in [4.78, 5) is 23.8. The average Bonchev–Trinajstić information content (AvgIpc) is 2.98. The molecular formula is C20H28O3. The molecule has 1 aliphatic carbocycles. The predicted octanol–water partition coefficient (Wildman–Crippen LogP) is 4.55. The highest BCUT2D eigenvalue weighted by Crippen LogP contribution is 2.62. The molecule has 2 rings (SSSR count). The summed E-state index contributed by atoms with van der Waals surface area (Å²) in [6.45, 7) is 9.91. The van der Waals surface area contributed by atoms with Crippen LogP contribution in [0.2, 0.25) is 0 Å². The first-order valence-electron chi connectivity index (χ1n) is 8.47. The number of aromatic hydroxyl groups is 1. The maximum Gasteiger partial charge on any atom is 0.165 e. The summed E-state index contributed by atoms with van der Waals surface area (Å²) in [7, 11) is 0. The minimum atomic E-state index is -0.0365. The molecule has 1 aliphatic rings. The topological polar surface area (TPSA) is 54.4 Å². The highest BCUT2D eigenvalue weighted by atomic mass is 16.3. The first-order valence-corrected chi connectivity index (χ1v) is 8.47. The summed E-state index contributed by atoms with van der Waals surface area (Å²) in [5.41, 5.74) is 1.63. The van der Waals surface area contributed by atoms with E-state index in [1.165, 1.54) is 0 Å². The molecule has 1 aromatic rings. The lowest BCUT2D eigenvalue weighted by molar-refractivity contribution is -0.117. The zero-order chi connectivity index (χ0) is 17.4. The normalized spacial score (nSPS) is 23.3. The van der Waals surface area contributed by atoms with E-state index >= 15 is 0 Å². The fraction of sp³-hybridized carbons (Fsp3) is 0.600. The summed E-state index contributed by atoms with van der Waals surface area (Å²) in [5.74, 6) is 1.63. The Bertz CT molecular complexity index is 615. The van der Waals surface area contributed by atoms with Crippen LogP contribution in [0.3, 0.4) is 0 Å². The van der Waals surface area contributed by atoms with Crippen LogP contribution in [-0.4, -0.2) is 16.7 Å². The number of phenols is 1. The SMILES string of the molecule is CC(=O)CC[C@H]1[C@@H](C[C@H](C)C(=O)c2ccc(O)c(C)c2)C1(C)C. The molecule has 1 fully saturated rings. The molecule has 3 heteroatoms. The molecule has 0 saturated heterocycles. The number of rotatable bonds is 7. The Morgan fingerprint density at radius 3 is 2.48 bits per heavy atom. The fourth-order valence-electron chi connectivity index (χ4n) is 3.84. The van der Waals surface area contributed by atoms with Gasteiger partial charge in [-0.25, -0.2) is 0 Å². The van der Waals surface area contributed by atoms with Crippen molar-refractivity contribution >= 4 is 11.6 Å². The van der Waals surface area contributed by atoms with Crippen LogP contribution >= 0.6 is 0 Å². The summed E-state index contributed by atoms with van der Waals surface area (Å²) >= 11 is 0. The van der Waals surface area contributed by atoms with E-state index in [1.807, 2.05) is 6.92 Å². The third-order valence-electron chi connectivity index (χ3n) is 5.63. The molecule has 3 atom stereocenters. The Balaban J connectivity index is 1.98. The average molecular weight is 316 g/mol. The molecule has 1 N–H and O–H groups in total. The number of hydrogen-bond donors (Lipinski definition) is 1. The molecule has 0 amide bonds. The third kappa shape index (κ3) is 3.82. The Hall–Kier alpha value is -1.64. The summed E-state index contributed by atoms with van der Waals surface area (Å²) in [5, 5.41) is 9.59. The van der Waals surface area contributed by atoms with Gasteiger partial charge in [-0.05, 0) is 67.7 Å².